The van der Waals surface area contributed by atoms with Crippen molar-refractivity contribution in [1.82, 2.24) is 9.55 Å². The predicted molar refractivity (Wildman–Crippen MR) is 131 cm³/mol. The van der Waals surface area contributed by atoms with Gasteiger partial charge < -0.3 is 4.90 Å². The molecule has 0 aliphatic rings. The van der Waals surface area contributed by atoms with E-state index in [0.29, 0.717) is 29.1 Å². The SMILES string of the molecule is CCN(C(=O)[C@@H](C)Sc1nc2ccccc2c(=O)n1Cc1ccccc1)c1ccccc1. The molecule has 3 aromatic carbocycles. The van der Waals surface area contributed by atoms with Gasteiger partial charge in [0, 0.05) is 12.2 Å². The second-order valence-electron chi connectivity index (χ2n) is 7.47. The molecular weight excluding hydrogens is 418 g/mol. The fraction of sp³-hybridized carbons (Fsp3) is 0.192. The van der Waals surface area contributed by atoms with E-state index in [1.165, 1.54) is 11.8 Å². The fourth-order valence-corrected chi connectivity index (χ4v) is 4.61. The molecule has 4 rings (SSSR count). The molecule has 0 aliphatic carbocycles. The normalized spacial score (nSPS) is 11.9. The van der Waals surface area contributed by atoms with E-state index in [1.54, 1.807) is 15.5 Å². The molecule has 0 N–H and O–H groups in total. The highest BCUT2D eigenvalue weighted by atomic mass is 32.2. The number of hydrogen-bond acceptors (Lipinski definition) is 4. The third-order valence-corrected chi connectivity index (χ3v) is 6.37. The van der Waals surface area contributed by atoms with Gasteiger partial charge in [0.05, 0.1) is 22.7 Å². The van der Waals surface area contributed by atoms with Gasteiger partial charge >= 0.3 is 0 Å². The third kappa shape index (κ3) is 4.60. The first-order chi connectivity index (χ1) is 15.6. The number of hydrogen-bond donors (Lipinski definition) is 0. The summed E-state index contributed by atoms with van der Waals surface area (Å²) in [5, 5.41) is 0.707. The number of carbonyl (C=O) groups is 1. The van der Waals surface area contributed by atoms with Gasteiger partial charge in [-0.15, -0.1) is 0 Å². The largest absolute Gasteiger partial charge is 0.312 e. The van der Waals surface area contributed by atoms with E-state index in [1.807, 2.05) is 92.7 Å². The highest BCUT2D eigenvalue weighted by Gasteiger charge is 2.24. The lowest BCUT2D eigenvalue weighted by Gasteiger charge is -2.24. The van der Waals surface area contributed by atoms with Crippen molar-refractivity contribution in [2.45, 2.75) is 30.8 Å². The molecule has 0 spiro atoms. The average Bonchev–Trinajstić information content (AvgIpc) is 2.83. The zero-order valence-electron chi connectivity index (χ0n) is 18.1. The maximum absolute atomic E-state index is 13.3. The monoisotopic (exact) mass is 443 g/mol. The quantitative estimate of drug-likeness (QED) is 0.299. The number of nitrogens with zero attached hydrogens (tertiary/aromatic N) is 3. The molecule has 0 radical (unpaired) electrons. The molecule has 1 atom stereocenters. The van der Waals surface area contributed by atoms with E-state index >= 15 is 0 Å². The van der Waals surface area contributed by atoms with Crippen molar-refractivity contribution in [2.75, 3.05) is 11.4 Å². The minimum Gasteiger partial charge on any atom is -0.312 e. The summed E-state index contributed by atoms with van der Waals surface area (Å²) >= 11 is 1.33. The third-order valence-electron chi connectivity index (χ3n) is 5.29. The molecule has 1 aromatic heterocycles. The molecular formula is C26H25N3O2S. The molecule has 4 aromatic rings. The smallest absolute Gasteiger partial charge is 0.262 e. The van der Waals surface area contributed by atoms with Gasteiger partial charge in [0.2, 0.25) is 5.91 Å². The Morgan fingerprint density at radius 3 is 2.28 bits per heavy atom. The number of fused-ring (bicyclic) bond motifs is 1. The van der Waals surface area contributed by atoms with Crippen molar-refractivity contribution in [1.29, 1.82) is 0 Å². The van der Waals surface area contributed by atoms with Gasteiger partial charge in [-0.3, -0.25) is 14.2 Å². The fourth-order valence-electron chi connectivity index (χ4n) is 3.64. The summed E-state index contributed by atoms with van der Waals surface area (Å²) in [6.45, 7) is 4.79. The summed E-state index contributed by atoms with van der Waals surface area (Å²) in [4.78, 5) is 33.1. The maximum Gasteiger partial charge on any atom is 0.262 e. The van der Waals surface area contributed by atoms with Gasteiger partial charge in [0.25, 0.3) is 5.56 Å². The van der Waals surface area contributed by atoms with Crippen LogP contribution in [0.3, 0.4) is 0 Å². The molecule has 32 heavy (non-hydrogen) atoms. The molecule has 0 saturated carbocycles. The minimum atomic E-state index is -0.412. The van der Waals surface area contributed by atoms with Crippen LogP contribution in [0.5, 0.6) is 0 Å². The number of amides is 1. The first kappa shape index (κ1) is 21.8. The van der Waals surface area contributed by atoms with Crippen LogP contribution in [0.25, 0.3) is 10.9 Å². The molecule has 5 nitrogen and oxygen atoms in total. The van der Waals surface area contributed by atoms with Crippen LogP contribution >= 0.6 is 11.8 Å². The van der Waals surface area contributed by atoms with Crippen molar-refractivity contribution >= 4 is 34.3 Å². The summed E-state index contributed by atoms with van der Waals surface area (Å²) in [7, 11) is 0. The lowest BCUT2D eigenvalue weighted by molar-refractivity contribution is -0.117. The van der Waals surface area contributed by atoms with Gasteiger partial charge in [-0.25, -0.2) is 4.98 Å². The number of thioether (sulfide) groups is 1. The van der Waals surface area contributed by atoms with Gasteiger partial charge in [-0.1, -0.05) is 72.4 Å². The Bertz CT molecular complexity index is 1270. The molecule has 0 aliphatic heterocycles. The van der Waals surface area contributed by atoms with E-state index in [2.05, 4.69) is 0 Å². The molecule has 6 heteroatoms. The summed E-state index contributed by atoms with van der Waals surface area (Å²) in [6, 6.07) is 26.8. The van der Waals surface area contributed by atoms with Crippen LogP contribution in [0.1, 0.15) is 19.4 Å². The van der Waals surface area contributed by atoms with Gasteiger partial charge in [-0.2, -0.15) is 0 Å². The Labute approximate surface area is 191 Å². The average molecular weight is 444 g/mol. The van der Waals surface area contributed by atoms with Crippen LogP contribution in [0.2, 0.25) is 0 Å². The van der Waals surface area contributed by atoms with E-state index in [9.17, 15) is 9.59 Å². The lowest BCUT2D eigenvalue weighted by atomic mass is 10.2. The summed E-state index contributed by atoms with van der Waals surface area (Å²) in [6.07, 6.45) is 0. The molecule has 0 fully saturated rings. The number of aromatic nitrogens is 2. The lowest BCUT2D eigenvalue weighted by Crippen LogP contribution is -2.37. The van der Waals surface area contributed by atoms with E-state index < -0.39 is 5.25 Å². The van der Waals surface area contributed by atoms with Gasteiger partial charge in [0.1, 0.15) is 0 Å². The number of anilines is 1. The molecule has 0 unspecified atom stereocenters. The van der Waals surface area contributed by atoms with Crippen LogP contribution in [0.15, 0.2) is 94.9 Å². The Kier molecular flexibility index (Phi) is 6.71. The summed E-state index contributed by atoms with van der Waals surface area (Å²) in [5.41, 5.74) is 2.41. The van der Waals surface area contributed by atoms with Crippen LogP contribution in [0.4, 0.5) is 5.69 Å². The maximum atomic E-state index is 13.3. The van der Waals surface area contributed by atoms with E-state index in [-0.39, 0.29) is 11.5 Å². The second-order valence-corrected chi connectivity index (χ2v) is 8.77. The topological polar surface area (TPSA) is 55.2 Å². The Morgan fingerprint density at radius 1 is 0.969 bits per heavy atom. The zero-order valence-corrected chi connectivity index (χ0v) is 19.0. The first-order valence-corrected chi connectivity index (χ1v) is 11.5. The van der Waals surface area contributed by atoms with Crippen LogP contribution in [-0.4, -0.2) is 27.3 Å². The summed E-state index contributed by atoms with van der Waals surface area (Å²) < 4.78 is 1.67. The number of rotatable bonds is 7. The van der Waals surface area contributed by atoms with Crippen molar-refractivity contribution in [3.05, 3.63) is 101 Å². The standard InChI is InChI=1S/C26H25N3O2S/c1-3-28(21-14-8-5-9-15-21)24(30)19(2)32-26-27-23-17-11-10-16-22(23)25(31)29(26)18-20-12-6-4-7-13-20/h4-17,19H,3,18H2,1-2H3/t19-/m1/s1. The Morgan fingerprint density at radius 2 is 1.59 bits per heavy atom. The summed E-state index contributed by atoms with van der Waals surface area (Å²) in [5.74, 6) is -0.0163. The Balaban J connectivity index is 1.70. The zero-order chi connectivity index (χ0) is 22.5. The number of benzene rings is 3. The van der Waals surface area contributed by atoms with Crippen molar-refractivity contribution in [2.24, 2.45) is 0 Å². The van der Waals surface area contributed by atoms with Crippen LogP contribution < -0.4 is 10.5 Å². The van der Waals surface area contributed by atoms with Crippen LogP contribution in [-0.2, 0) is 11.3 Å². The highest BCUT2D eigenvalue weighted by molar-refractivity contribution is 8.00. The predicted octanol–water partition coefficient (Wildman–Crippen LogP) is 4.98. The number of carbonyl (C=O) groups excluding carboxylic acids is 1. The van der Waals surface area contributed by atoms with Crippen molar-refractivity contribution < 1.29 is 4.79 Å². The molecule has 1 heterocycles. The van der Waals surface area contributed by atoms with E-state index in [0.717, 1.165) is 11.3 Å². The molecule has 1 amide bonds. The minimum absolute atomic E-state index is 0.0163. The highest BCUT2D eigenvalue weighted by Crippen LogP contribution is 2.26. The second kappa shape index (κ2) is 9.83. The molecule has 162 valence electrons. The van der Waals surface area contributed by atoms with Crippen molar-refractivity contribution in [3.8, 4) is 0 Å². The van der Waals surface area contributed by atoms with Crippen molar-refractivity contribution in [3.63, 3.8) is 0 Å². The Hall–Kier alpha value is -3.38. The molecule has 0 bridgehead atoms. The van der Waals surface area contributed by atoms with E-state index in [4.69, 9.17) is 4.98 Å². The number of para-hydroxylation sites is 2. The van der Waals surface area contributed by atoms with Gasteiger partial charge in [-0.05, 0) is 43.7 Å². The molecule has 0 saturated heterocycles. The first-order valence-electron chi connectivity index (χ1n) is 10.6. The van der Waals surface area contributed by atoms with Crippen LogP contribution in [0, 0.1) is 0 Å². The van der Waals surface area contributed by atoms with Gasteiger partial charge in [0.15, 0.2) is 5.16 Å².